The van der Waals surface area contributed by atoms with Crippen molar-refractivity contribution in [1.82, 2.24) is 4.90 Å². The van der Waals surface area contributed by atoms with Crippen molar-refractivity contribution in [3.05, 3.63) is 0 Å². The lowest BCUT2D eigenvalue weighted by Gasteiger charge is -2.32. The zero-order valence-electron chi connectivity index (χ0n) is 27.3. The number of carbonyl (C=O) groups is 5. The van der Waals surface area contributed by atoms with Crippen LogP contribution in [0.2, 0.25) is 0 Å². The Kier molecular flexibility index (Phi) is 19.0. The first-order valence-electron chi connectivity index (χ1n) is 15.5. The van der Waals surface area contributed by atoms with Crippen molar-refractivity contribution in [3.8, 4) is 0 Å². The molecule has 0 atom stereocenters. The number of unbranched alkanes of at least 4 members (excludes halogenated alkanes) is 4. The van der Waals surface area contributed by atoms with E-state index in [9.17, 15) is 24.0 Å². The fraction of sp³-hybridized carbons (Fsp3) is 0.844. The van der Waals surface area contributed by atoms with Gasteiger partial charge < -0.3 is 24.2 Å². The zero-order chi connectivity index (χ0) is 32.2. The highest BCUT2D eigenvalue weighted by Gasteiger charge is 2.36. The number of carbonyl (C=O) groups excluding carboxylic acids is 4. The first-order chi connectivity index (χ1) is 19.6. The van der Waals surface area contributed by atoms with Gasteiger partial charge in [-0.3, -0.25) is 24.0 Å². The highest BCUT2D eigenvalue weighted by molar-refractivity contribution is 5.76. The number of ether oxygens (including phenoxy) is 3. The molecule has 0 radical (unpaired) electrons. The number of hydrogen-bond donors (Lipinski definition) is 1. The third-order valence-corrected chi connectivity index (χ3v) is 7.41. The molecule has 0 saturated heterocycles. The largest absolute Gasteiger partial charge is 0.481 e. The normalized spacial score (nSPS) is 12.0. The van der Waals surface area contributed by atoms with E-state index in [-0.39, 0.29) is 44.6 Å². The summed E-state index contributed by atoms with van der Waals surface area (Å²) in [5, 5.41) is 8.75. The first-order valence-corrected chi connectivity index (χ1v) is 15.5. The monoisotopic (exact) mass is 599 g/mol. The topological polar surface area (TPSA) is 137 Å². The SMILES string of the molecule is CCCCCC(C)(C)C(=O)OCC(C)(COC(=O)CCCN(C=O)CCCC(=O)O)COC(=O)C(C)(C)CCCCC. The second-order valence-corrected chi connectivity index (χ2v) is 13.0. The summed E-state index contributed by atoms with van der Waals surface area (Å²) in [6.07, 6.45) is 8.71. The average Bonchev–Trinajstić information content (AvgIpc) is 2.92. The molecule has 0 heterocycles. The van der Waals surface area contributed by atoms with Gasteiger partial charge in [-0.2, -0.15) is 0 Å². The molecule has 0 aromatic heterocycles. The van der Waals surface area contributed by atoms with Crippen molar-refractivity contribution < 1.29 is 43.3 Å². The van der Waals surface area contributed by atoms with Crippen LogP contribution < -0.4 is 0 Å². The van der Waals surface area contributed by atoms with Gasteiger partial charge >= 0.3 is 23.9 Å². The summed E-state index contributed by atoms with van der Waals surface area (Å²) in [7, 11) is 0. The molecule has 0 aliphatic rings. The predicted molar refractivity (Wildman–Crippen MR) is 161 cm³/mol. The number of carboxylic acids is 1. The maximum absolute atomic E-state index is 12.9. The molecular weight excluding hydrogens is 542 g/mol. The summed E-state index contributed by atoms with van der Waals surface area (Å²) in [5.41, 5.74) is -2.29. The van der Waals surface area contributed by atoms with Crippen molar-refractivity contribution in [2.75, 3.05) is 32.9 Å². The van der Waals surface area contributed by atoms with Crippen LogP contribution in [0.3, 0.4) is 0 Å². The van der Waals surface area contributed by atoms with Crippen molar-refractivity contribution >= 4 is 30.3 Å². The van der Waals surface area contributed by atoms with E-state index in [0.717, 1.165) is 38.5 Å². The minimum absolute atomic E-state index is 0.0358. The second kappa shape index (κ2) is 20.3. The Balaban J connectivity index is 5.20. The lowest BCUT2D eigenvalue weighted by Crippen LogP contribution is -2.40. The maximum Gasteiger partial charge on any atom is 0.311 e. The molecule has 0 rings (SSSR count). The summed E-state index contributed by atoms with van der Waals surface area (Å²) < 4.78 is 16.9. The van der Waals surface area contributed by atoms with Gasteiger partial charge in [-0.1, -0.05) is 52.4 Å². The van der Waals surface area contributed by atoms with Crippen LogP contribution in [0.25, 0.3) is 0 Å². The van der Waals surface area contributed by atoms with Crippen LogP contribution in [-0.4, -0.2) is 73.2 Å². The molecule has 0 fully saturated rings. The quantitative estimate of drug-likeness (QED) is 0.0585. The Morgan fingerprint density at radius 3 is 1.50 bits per heavy atom. The summed E-state index contributed by atoms with van der Waals surface area (Å²) in [5.74, 6) is -2.11. The van der Waals surface area contributed by atoms with Crippen LogP contribution in [0.4, 0.5) is 0 Å². The summed E-state index contributed by atoms with van der Waals surface area (Å²) in [4.78, 5) is 61.7. The number of esters is 3. The molecule has 10 nitrogen and oxygen atoms in total. The molecule has 0 aliphatic heterocycles. The number of aliphatic carboxylic acids is 1. The van der Waals surface area contributed by atoms with Crippen LogP contribution in [0.5, 0.6) is 0 Å². The van der Waals surface area contributed by atoms with Gasteiger partial charge in [0.25, 0.3) is 0 Å². The first kappa shape index (κ1) is 39.4. The molecule has 1 amide bonds. The summed E-state index contributed by atoms with van der Waals surface area (Å²) in [6.45, 7) is 13.7. The van der Waals surface area contributed by atoms with Crippen LogP contribution in [0.1, 0.15) is 126 Å². The molecule has 0 aliphatic carbocycles. The molecular formula is C32H57NO9. The van der Waals surface area contributed by atoms with Gasteiger partial charge in [-0.15, -0.1) is 0 Å². The number of nitrogens with zero attached hydrogens (tertiary/aromatic N) is 1. The Morgan fingerprint density at radius 1 is 0.667 bits per heavy atom. The van der Waals surface area contributed by atoms with Crippen LogP contribution in [0.15, 0.2) is 0 Å². The van der Waals surface area contributed by atoms with E-state index in [1.807, 2.05) is 27.7 Å². The van der Waals surface area contributed by atoms with E-state index in [2.05, 4.69) is 13.8 Å². The van der Waals surface area contributed by atoms with E-state index >= 15 is 0 Å². The van der Waals surface area contributed by atoms with E-state index in [1.165, 1.54) is 4.90 Å². The van der Waals surface area contributed by atoms with Crippen molar-refractivity contribution in [3.63, 3.8) is 0 Å². The molecule has 1 N–H and O–H groups in total. The standard InChI is InChI=1S/C32H57NO9/c1-8-10-12-18-30(3,4)28(38)41-23-32(7,24-42-29(39)31(5,6)19-13-11-9-2)22-40-27(37)17-15-21-33(25-34)20-14-16-26(35)36/h25H,8-24H2,1-7H3,(H,35,36). The third kappa shape index (κ3) is 17.3. The lowest BCUT2D eigenvalue weighted by atomic mass is 9.86. The highest BCUT2D eigenvalue weighted by Crippen LogP contribution is 2.30. The molecule has 10 heteroatoms. The predicted octanol–water partition coefficient (Wildman–Crippen LogP) is 5.94. The van der Waals surface area contributed by atoms with Crippen LogP contribution in [-0.2, 0) is 38.2 Å². The van der Waals surface area contributed by atoms with Crippen LogP contribution >= 0.6 is 0 Å². The van der Waals surface area contributed by atoms with Gasteiger partial charge in [-0.05, 0) is 60.3 Å². The summed E-state index contributed by atoms with van der Waals surface area (Å²) >= 11 is 0. The van der Waals surface area contributed by atoms with Gasteiger partial charge in [-0.25, -0.2) is 0 Å². The Labute approximate surface area is 253 Å². The fourth-order valence-electron chi connectivity index (χ4n) is 4.24. The van der Waals surface area contributed by atoms with E-state index in [4.69, 9.17) is 19.3 Å². The number of rotatable bonds is 25. The maximum atomic E-state index is 12.9. The number of carboxylic acid groups (broad SMARTS) is 1. The number of amides is 1. The van der Waals surface area contributed by atoms with Gasteiger partial charge in [0.1, 0.15) is 19.8 Å². The third-order valence-electron chi connectivity index (χ3n) is 7.41. The minimum Gasteiger partial charge on any atom is -0.481 e. The van der Waals surface area contributed by atoms with E-state index in [1.54, 1.807) is 6.92 Å². The van der Waals surface area contributed by atoms with E-state index in [0.29, 0.717) is 45.2 Å². The molecule has 244 valence electrons. The van der Waals surface area contributed by atoms with Crippen molar-refractivity contribution in [2.45, 2.75) is 126 Å². The Morgan fingerprint density at radius 2 is 1.10 bits per heavy atom. The Hall–Kier alpha value is -2.65. The minimum atomic E-state index is -0.953. The molecule has 0 aromatic rings. The van der Waals surface area contributed by atoms with Crippen molar-refractivity contribution in [2.24, 2.45) is 16.2 Å². The number of hydrogen-bond acceptors (Lipinski definition) is 8. The second-order valence-electron chi connectivity index (χ2n) is 13.0. The highest BCUT2D eigenvalue weighted by atomic mass is 16.6. The van der Waals surface area contributed by atoms with Gasteiger partial charge in [0.05, 0.1) is 16.2 Å². The lowest BCUT2D eigenvalue weighted by molar-refractivity contribution is -0.169. The van der Waals surface area contributed by atoms with Gasteiger partial charge in [0.15, 0.2) is 0 Å². The molecule has 0 bridgehead atoms. The molecule has 0 spiro atoms. The average molecular weight is 600 g/mol. The van der Waals surface area contributed by atoms with Crippen LogP contribution in [0, 0.1) is 16.2 Å². The zero-order valence-corrected chi connectivity index (χ0v) is 27.3. The fourth-order valence-corrected chi connectivity index (χ4v) is 4.24. The molecule has 42 heavy (non-hydrogen) atoms. The van der Waals surface area contributed by atoms with Crippen molar-refractivity contribution in [1.29, 1.82) is 0 Å². The molecule has 0 unspecified atom stereocenters. The van der Waals surface area contributed by atoms with Gasteiger partial charge in [0.2, 0.25) is 6.41 Å². The summed E-state index contributed by atoms with van der Waals surface area (Å²) in [6, 6.07) is 0. The van der Waals surface area contributed by atoms with E-state index < -0.39 is 28.2 Å². The molecule has 0 aromatic carbocycles. The Bertz CT molecular complexity index is 800. The smallest absolute Gasteiger partial charge is 0.311 e. The van der Waals surface area contributed by atoms with Gasteiger partial charge in [0, 0.05) is 25.9 Å². The molecule has 0 saturated carbocycles.